The molecule has 5 nitrogen and oxygen atoms in total. The molecule has 1 aliphatic rings. The molecule has 5 heteroatoms. The molecule has 1 aliphatic heterocycles. The van der Waals surface area contributed by atoms with Crippen molar-refractivity contribution in [3.8, 4) is 0 Å². The van der Waals surface area contributed by atoms with Gasteiger partial charge in [-0.3, -0.25) is 19.7 Å². The molecule has 0 aromatic heterocycles. The molecule has 0 aliphatic carbocycles. The number of imide groups is 1. The Bertz CT molecular complexity index is 551. The summed E-state index contributed by atoms with van der Waals surface area (Å²) in [4.78, 5) is 34.5. The van der Waals surface area contributed by atoms with E-state index < -0.39 is 11.9 Å². The number of nitrogens with one attached hydrogen (secondary N) is 2. The number of amides is 3. The average molecular weight is 258 g/mol. The summed E-state index contributed by atoms with van der Waals surface area (Å²) in [7, 11) is 0. The third kappa shape index (κ3) is 3.07. The molecule has 0 saturated carbocycles. The van der Waals surface area contributed by atoms with Crippen LogP contribution in [-0.2, 0) is 9.59 Å². The van der Waals surface area contributed by atoms with E-state index in [1.54, 1.807) is 24.3 Å². The van der Waals surface area contributed by atoms with E-state index in [0.717, 1.165) is 5.56 Å². The lowest BCUT2D eigenvalue weighted by Crippen LogP contribution is -2.52. The highest BCUT2D eigenvalue weighted by atomic mass is 16.2. The zero-order valence-corrected chi connectivity index (χ0v) is 10.3. The minimum Gasteiger partial charge on any atom is -0.340 e. The predicted molar refractivity (Wildman–Crippen MR) is 70.2 cm³/mol. The lowest BCUT2D eigenvalue weighted by molar-refractivity contribution is -0.134. The molecular weight excluding hydrogens is 244 g/mol. The first-order valence-electron chi connectivity index (χ1n) is 5.97. The van der Waals surface area contributed by atoms with Crippen molar-refractivity contribution in [1.29, 1.82) is 0 Å². The van der Waals surface area contributed by atoms with Gasteiger partial charge in [0.25, 0.3) is 5.91 Å². The van der Waals surface area contributed by atoms with Crippen LogP contribution in [0, 0.1) is 0 Å². The number of carbonyl (C=O) groups is 3. The van der Waals surface area contributed by atoms with Gasteiger partial charge in [-0.1, -0.05) is 24.8 Å². The quantitative estimate of drug-likeness (QED) is 0.790. The molecular formula is C14H14N2O3. The summed E-state index contributed by atoms with van der Waals surface area (Å²) in [6.45, 7) is 3.63. The topological polar surface area (TPSA) is 75.3 Å². The monoisotopic (exact) mass is 258 g/mol. The average Bonchev–Trinajstić information content (AvgIpc) is 2.42. The van der Waals surface area contributed by atoms with Crippen molar-refractivity contribution in [2.24, 2.45) is 0 Å². The molecule has 1 atom stereocenters. The lowest BCUT2D eigenvalue weighted by atomic mass is 10.0. The van der Waals surface area contributed by atoms with Crippen molar-refractivity contribution in [2.75, 3.05) is 0 Å². The van der Waals surface area contributed by atoms with Crippen LogP contribution in [0.2, 0.25) is 0 Å². The Morgan fingerprint density at radius 3 is 2.89 bits per heavy atom. The molecule has 98 valence electrons. The van der Waals surface area contributed by atoms with Gasteiger partial charge in [0, 0.05) is 12.0 Å². The van der Waals surface area contributed by atoms with Crippen molar-refractivity contribution in [3.63, 3.8) is 0 Å². The summed E-state index contributed by atoms with van der Waals surface area (Å²) < 4.78 is 0. The van der Waals surface area contributed by atoms with E-state index in [1.165, 1.54) is 0 Å². The van der Waals surface area contributed by atoms with Gasteiger partial charge in [0.1, 0.15) is 6.04 Å². The highest BCUT2D eigenvalue weighted by molar-refractivity contribution is 6.03. The van der Waals surface area contributed by atoms with Crippen LogP contribution >= 0.6 is 0 Å². The first kappa shape index (κ1) is 13.0. The van der Waals surface area contributed by atoms with E-state index in [-0.39, 0.29) is 18.2 Å². The summed E-state index contributed by atoms with van der Waals surface area (Å²) >= 11 is 0. The highest BCUT2D eigenvalue weighted by Gasteiger charge is 2.27. The van der Waals surface area contributed by atoms with Crippen molar-refractivity contribution in [3.05, 3.63) is 42.0 Å². The summed E-state index contributed by atoms with van der Waals surface area (Å²) in [6.07, 6.45) is 2.21. The maximum absolute atomic E-state index is 12.0. The fourth-order valence-corrected chi connectivity index (χ4v) is 1.88. The number of hydrogen-bond acceptors (Lipinski definition) is 3. The molecule has 1 unspecified atom stereocenters. The fourth-order valence-electron chi connectivity index (χ4n) is 1.88. The first-order valence-corrected chi connectivity index (χ1v) is 5.97. The van der Waals surface area contributed by atoms with E-state index in [9.17, 15) is 14.4 Å². The number of benzene rings is 1. The van der Waals surface area contributed by atoms with E-state index in [2.05, 4.69) is 17.2 Å². The SMILES string of the molecule is C=Cc1cccc(C(=O)NC2CCC(=O)NC2=O)c1. The highest BCUT2D eigenvalue weighted by Crippen LogP contribution is 2.09. The van der Waals surface area contributed by atoms with E-state index in [0.29, 0.717) is 12.0 Å². The Hall–Kier alpha value is -2.43. The number of carbonyl (C=O) groups excluding carboxylic acids is 3. The van der Waals surface area contributed by atoms with Crippen molar-refractivity contribution in [2.45, 2.75) is 18.9 Å². The maximum atomic E-state index is 12.0. The molecule has 0 bridgehead atoms. The molecule has 0 spiro atoms. The summed E-state index contributed by atoms with van der Waals surface area (Å²) in [5.41, 5.74) is 1.29. The van der Waals surface area contributed by atoms with Crippen LogP contribution in [0.5, 0.6) is 0 Å². The number of piperidine rings is 1. The van der Waals surface area contributed by atoms with E-state index in [1.807, 2.05) is 6.07 Å². The second-order valence-electron chi connectivity index (χ2n) is 4.31. The Morgan fingerprint density at radius 2 is 2.21 bits per heavy atom. The standard InChI is InChI=1S/C14H14N2O3/c1-2-9-4-3-5-10(8-9)13(18)15-11-6-7-12(17)16-14(11)19/h2-5,8,11H,1,6-7H2,(H,15,18)(H,16,17,19). The molecule has 19 heavy (non-hydrogen) atoms. The fraction of sp³-hybridized carbons (Fsp3) is 0.214. The molecule has 2 N–H and O–H groups in total. The van der Waals surface area contributed by atoms with Crippen LogP contribution < -0.4 is 10.6 Å². The van der Waals surface area contributed by atoms with Crippen molar-refractivity contribution < 1.29 is 14.4 Å². The van der Waals surface area contributed by atoms with Gasteiger partial charge in [-0.2, -0.15) is 0 Å². The van der Waals surface area contributed by atoms with Crippen molar-refractivity contribution >= 4 is 23.8 Å². The van der Waals surface area contributed by atoms with Gasteiger partial charge < -0.3 is 5.32 Å². The zero-order chi connectivity index (χ0) is 13.8. The lowest BCUT2D eigenvalue weighted by Gasteiger charge is -2.21. The van der Waals surface area contributed by atoms with Crippen molar-refractivity contribution in [1.82, 2.24) is 10.6 Å². The third-order valence-electron chi connectivity index (χ3n) is 2.93. The Kier molecular flexibility index (Phi) is 3.75. The van der Waals surface area contributed by atoms with E-state index in [4.69, 9.17) is 0 Å². The first-order chi connectivity index (χ1) is 9.10. The molecule has 1 saturated heterocycles. The predicted octanol–water partition coefficient (Wildman–Crippen LogP) is 0.865. The summed E-state index contributed by atoms with van der Waals surface area (Å²) in [5, 5.41) is 4.82. The number of rotatable bonds is 3. The Balaban J connectivity index is 2.06. The van der Waals surface area contributed by atoms with Crippen LogP contribution in [0.25, 0.3) is 6.08 Å². The van der Waals surface area contributed by atoms with Crippen LogP contribution in [-0.4, -0.2) is 23.8 Å². The van der Waals surface area contributed by atoms with Crippen LogP contribution in [0.1, 0.15) is 28.8 Å². The zero-order valence-electron chi connectivity index (χ0n) is 10.3. The van der Waals surface area contributed by atoms with Crippen LogP contribution in [0.15, 0.2) is 30.8 Å². The summed E-state index contributed by atoms with van der Waals surface area (Å²) in [5.74, 6) is -1.09. The van der Waals surface area contributed by atoms with E-state index >= 15 is 0 Å². The van der Waals surface area contributed by atoms with Crippen LogP contribution in [0.3, 0.4) is 0 Å². The van der Waals surface area contributed by atoms with Gasteiger partial charge in [-0.15, -0.1) is 0 Å². The van der Waals surface area contributed by atoms with Gasteiger partial charge in [0.2, 0.25) is 11.8 Å². The Morgan fingerprint density at radius 1 is 1.42 bits per heavy atom. The Labute approximate surface area is 110 Å². The largest absolute Gasteiger partial charge is 0.340 e. The smallest absolute Gasteiger partial charge is 0.251 e. The minimum absolute atomic E-state index is 0.239. The second kappa shape index (κ2) is 5.48. The molecule has 1 aromatic rings. The van der Waals surface area contributed by atoms with Crippen LogP contribution in [0.4, 0.5) is 0 Å². The molecule has 0 radical (unpaired) electrons. The van der Waals surface area contributed by atoms with Gasteiger partial charge in [-0.05, 0) is 24.1 Å². The molecule has 1 heterocycles. The van der Waals surface area contributed by atoms with Gasteiger partial charge in [0.15, 0.2) is 0 Å². The third-order valence-corrected chi connectivity index (χ3v) is 2.93. The summed E-state index contributed by atoms with van der Waals surface area (Å²) in [6, 6.07) is 6.27. The van der Waals surface area contributed by atoms with Gasteiger partial charge in [-0.25, -0.2) is 0 Å². The number of hydrogen-bond donors (Lipinski definition) is 2. The molecule has 2 rings (SSSR count). The maximum Gasteiger partial charge on any atom is 0.251 e. The minimum atomic E-state index is -0.655. The van der Waals surface area contributed by atoms with Gasteiger partial charge >= 0.3 is 0 Å². The molecule has 3 amide bonds. The normalized spacial score (nSPS) is 18.6. The molecule has 1 aromatic carbocycles. The molecule has 1 fully saturated rings. The second-order valence-corrected chi connectivity index (χ2v) is 4.31. The van der Waals surface area contributed by atoms with Gasteiger partial charge in [0.05, 0.1) is 0 Å².